The van der Waals surface area contributed by atoms with Gasteiger partial charge in [0.2, 0.25) is 5.91 Å². The number of amidine groups is 1. The number of halogens is 1. The van der Waals surface area contributed by atoms with E-state index in [9.17, 15) is 4.79 Å². The van der Waals surface area contributed by atoms with E-state index in [2.05, 4.69) is 16.6 Å². The SMILES string of the molecule is C=CC(C(=O)N(C)C1=NC(c2cnc(Cl)s2)CS1)c1ccccc1. The number of aromatic nitrogens is 1. The minimum absolute atomic E-state index is 0.00385. The van der Waals surface area contributed by atoms with Crippen molar-refractivity contribution in [3.05, 3.63) is 64.1 Å². The highest BCUT2D eigenvalue weighted by Crippen LogP contribution is 2.35. The number of thiazole rings is 1. The highest BCUT2D eigenvalue weighted by molar-refractivity contribution is 8.14. The number of rotatable bonds is 4. The third kappa shape index (κ3) is 3.55. The van der Waals surface area contributed by atoms with Gasteiger partial charge in [0.25, 0.3) is 0 Å². The van der Waals surface area contributed by atoms with E-state index in [0.29, 0.717) is 4.47 Å². The van der Waals surface area contributed by atoms with E-state index in [1.54, 1.807) is 36.0 Å². The van der Waals surface area contributed by atoms with Crippen LogP contribution in [0.3, 0.4) is 0 Å². The maximum Gasteiger partial charge on any atom is 0.239 e. The average molecular weight is 378 g/mol. The number of benzene rings is 1. The summed E-state index contributed by atoms with van der Waals surface area (Å²) in [5.74, 6) is 0.372. The van der Waals surface area contributed by atoms with Crippen molar-refractivity contribution in [2.24, 2.45) is 4.99 Å². The summed E-state index contributed by atoms with van der Waals surface area (Å²) in [6, 6.07) is 9.64. The molecule has 0 spiro atoms. The van der Waals surface area contributed by atoms with Crippen molar-refractivity contribution < 1.29 is 4.79 Å². The first-order chi connectivity index (χ1) is 11.6. The molecular weight excluding hydrogens is 362 g/mol. The van der Waals surface area contributed by atoms with E-state index in [-0.39, 0.29) is 17.9 Å². The number of hydrogen-bond acceptors (Lipinski definition) is 5. The van der Waals surface area contributed by atoms with Crippen LogP contribution in [0.2, 0.25) is 4.47 Å². The lowest BCUT2D eigenvalue weighted by Crippen LogP contribution is -2.34. The number of likely N-dealkylation sites (N-methyl/N-ethyl adjacent to an activating group) is 1. The topological polar surface area (TPSA) is 45.6 Å². The normalized spacial score (nSPS) is 18.1. The minimum Gasteiger partial charge on any atom is -0.294 e. The van der Waals surface area contributed by atoms with Crippen LogP contribution < -0.4 is 0 Å². The van der Waals surface area contributed by atoms with Crippen molar-refractivity contribution in [3.63, 3.8) is 0 Å². The zero-order valence-corrected chi connectivity index (χ0v) is 15.4. The summed E-state index contributed by atoms with van der Waals surface area (Å²) >= 11 is 8.89. The number of thioether (sulfide) groups is 1. The molecule has 1 aromatic heterocycles. The van der Waals surface area contributed by atoms with Crippen molar-refractivity contribution in [2.75, 3.05) is 12.8 Å². The summed E-state index contributed by atoms with van der Waals surface area (Å²) in [5, 5.41) is 0.720. The summed E-state index contributed by atoms with van der Waals surface area (Å²) in [6.07, 6.45) is 3.43. The van der Waals surface area contributed by atoms with Gasteiger partial charge in [0, 0.05) is 19.0 Å². The largest absolute Gasteiger partial charge is 0.294 e. The molecule has 2 unspecified atom stereocenters. The minimum atomic E-state index is -0.378. The molecule has 0 saturated heterocycles. The highest BCUT2D eigenvalue weighted by Gasteiger charge is 2.29. The van der Waals surface area contributed by atoms with Gasteiger partial charge in [0.1, 0.15) is 0 Å². The molecule has 2 heterocycles. The van der Waals surface area contributed by atoms with Gasteiger partial charge in [-0.25, -0.2) is 4.98 Å². The Bertz CT molecular complexity index is 775. The molecule has 0 bridgehead atoms. The number of nitrogens with zero attached hydrogens (tertiary/aromatic N) is 3. The van der Waals surface area contributed by atoms with Crippen molar-refractivity contribution >= 4 is 45.8 Å². The quantitative estimate of drug-likeness (QED) is 0.743. The molecule has 1 aliphatic rings. The molecule has 124 valence electrons. The second kappa shape index (κ2) is 7.51. The van der Waals surface area contributed by atoms with E-state index in [4.69, 9.17) is 11.6 Å². The molecule has 0 fully saturated rings. The third-order valence-electron chi connectivity index (χ3n) is 3.74. The molecule has 2 aromatic rings. The van der Waals surface area contributed by atoms with Gasteiger partial charge < -0.3 is 0 Å². The molecule has 1 aliphatic heterocycles. The molecular formula is C17H16ClN3OS2. The van der Waals surface area contributed by atoms with Gasteiger partial charge >= 0.3 is 0 Å². The number of amides is 1. The summed E-state index contributed by atoms with van der Waals surface area (Å²) in [7, 11) is 1.76. The fraction of sp³-hybridized carbons (Fsp3) is 0.235. The van der Waals surface area contributed by atoms with Crippen LogP contribution in [0.25, 0.3) is 0 Å². The van der Waals surface area contributed by atoms with E-state index >= 15 is 0 Å². The van der Waals surface area contributed by atoms with Crippen LogP contribution in [0.15, 0.2) is 54.2 Å². The van der Waals surface area contributed by atoms with Gasteiger partial charge in [-0.15, -0.1) is 17.9 Å². The molecule has 3 rings (SSSR count). The molecule has 1 aromatic carbocycles. The predicted octanol–water partition coefficient (Wildman–Crippen LogP) is 4.37. The lowest BCUT2D eigenvalue weighted by molar-refractivity contribution is -0.126. The van der Waals surface area contributed by atoms with E-state index in [0.717, 1.165) is 21.4 Å². The molecule has 0 radical (unpaired) electrons. The number of hydrogen-bond donors (Lipinski definition) is 0. The zero-order valence-electron chi connectivity index (χ0n) is 13.1. The Labute approximate surface area is 154 Å². The van der Waals surface area contributed by atoms with Gasteiger partial charge in [-0.3, -0.25) is 14.7 Å². The van der Waals surface area contributed by atoms with E-state index in [1.165, 1.54) is 11.3 Å². The van der Waals surface area contributed by atoms with Crippen LogP contribution in [-0.4, -0.2) is 33.8 Å². The lowest BCUT2D eigenvalue weighted by atomic mass is 9.98. The number of carbonyl (C=O) groups excluding carboxylic acids is 1. The van der Waals surface area contributed by atoms with Crippen LogP contribution in [0.1, 0.15) is 22.4 Å². The Morgan fingerprint density at radius 2 is 2.21 bits per heavy atom. The fourth-order valence-electron chi connectivity index (χ4n) is 2.45. The van der Waals surface area contributed by atoms with E-state index < -0.39 is 0 Å². The average Bonchev–Trinajstić information content (AvgIpc) is 3.24. The van der Waals surface area contributed by atoms with E-state index in [1.807, 2.05) is 30.3 Å². The van der Waals surface area contributed by atoms with Crippen LogP contribution >= 0.6 is 34.7 Å². The fourth-order valence-corrected chi connectivity index (χ4v) is 4.60. The Morgan fingerprint density at radius 1 is 1.46 bits per heavy atom. The summed E-state index contributed by atoms with van der Waals surface area (Å²) in [6.45, 7) is 3.82. The van der Waals surface area contributed by atoms with Gasteiger partial charge in [0.15, 0.2) is 9.63 Å². The van der Waals surface area contributed by atoms with Crippen molar-refractivity contribution in [3.8, 4) is 0 Å². The Morgan fingerprint density at radius 3 is 2.83 bits per heavy atom. The molecule has 4 nitrogen and oxygen atoms in total. The first-order valence-electron chi connectivity index (χ1n) is 7.37. The third-order valence-corrected chi connectivity index (χ3v) is 6.07. The number of carbonyl (C=O) groups is 1. The lowest BCUT2D eigenvalue weighted by Gasteiger charge is -2.21. The molecule has 2 atom stereocenters. The molecule has 0 N–H and O–H groups in total. The van der Waals surface area contributed by atoms with Crippen LogP contribution in [0.4, 0.5) is 0 Å². The monoisotopic (exact) mass is 377 g/mol. The first-order valence-corrected chi connectivity index (χ1v) is 9.55. The maximum absolute atomic E-state index is 12.8. The van der Waals surface area contributed by atoms with Gasteiger partial charge in [0.05, 0.1) is 16.8 Å². The Hall–Kier alpha value is -1.63. The Kier molecular flexibility index (Phi) is 5.38. The van der Waals surface area contributed by atoms with Crippen molar-refractivity contribution in [1.29, 1.82) is 0 Å². The van der Waals surface area contributed by atoms with Crippen LogP contribution in [0, 0.1) is 0 Å². The summed E-state index contributed by atoms with van der Waals surface area (Å²) < 4.78 is 0.513. The van der Waals surface area contributed by atoms with Crippen molar-refractivity contribution in [1.82, 2.24) is 9.88 Å². The molecule has 0 saturated carbocycles. The first kappa shape index (κ1) is 17.2. The maximum atomic E-state index is 12.8. The molecule has 24 heavy (non-hydrogen) atoms. The van der Waals surface area contributed by atoms with Crippen LogP contribution in [-0.2, 0) is 4.79 Å². The van der Waals surface area contributed by atoms with Crippen LogP contribution in [0.5, 0.6) is 0 Å². The van der Waals surface area contributed by atoms with Gasteiger partial charge in [-0.1, -0.05) is 59.8 Å². The van der Waals surface area contributed by atoms with Crippen molar-refractivity contribution in [2.45, 2.75) is 12.0 Å². The highest BCUT2D eigenvalue weighted by atomic mass is 35.5. The van der Waals surface area contributed by atoms with Gasteiger partial charge in [-0.2, -0.15) is 0 Å². The predicted molar refractivity (Wildman–Crippen MR) is 102 cm³/mol. The number of aliphatic imine (C=N–C) groups is 1. The Balaban J connectivity index is 1.77. The molecule has 1 amide bonds. The zero-order chi connectivity index (χ0) is 17.1. The standard InChI is InChI=1S/C17H16ClN3OS2/c1-3-12(11-7-5-4-6-8-11)15(22)21(2)17-20-13(10-23-17)14-9-19-16(18)24-14/h3-9,12-13H,1,10H2,2H3. The smallest absolute Gasteiger partial charge is 0.239 e. The second-order valence-corrected chi connectivity index (χ2v) is 7.91. The second-order valence-electron chi connectivity index (χ2n) is 5.28. The molecule has 7 heteroatoms. The molecule has 0 aliphatic carbocycles. The summed E-state index contributed by atoms with van der Waals surface area (Å²) in [4.78, 5) is 24.2. The summed E-state index contributed by atoms with van der Waals surface area (Å²) in [5.41, 5.74) is 0.929. The van der Waals surface area contributed by atoms with Gasteiger partial charge in [-0.05, 0) is 5.56 Å².